The Kier molecular flexibility index (Phi) is 5.62. The van der Waals surface area contributed by atoms with Crippen molar-refractivity contribution in [1.82, 2.24) is 9.13 Å². The molecule has 4 nitrogen and oxygen atoms in total. The average Bonchev–Trinajstić information content (AvgIpc) is 3.56. The highest BCUT2D eigenvalue weighted by atomic mass is 16.5. The Hall–Kier alpha value is -5.32. The first-order valence-corrected chi connectivity index (χ1v) is 14.1. The van der Waals surface area contributed by atoms with E-state index in [2.05, 4.69) is 118 Å². The van der Waals surface area contributed by atoms with Crippen LogP contribution in [0.2, 0.25) is 0 Å². The lowest BCUT2D eigenvalue weighted by Gasteiger charge is -2.11. The smallest absolute Gasteiger partial charge is 0.120 e. The van der Waals surface area contributed by atoms with Crippen LogP contribution in [0.4, 0.5) is 0 Å². The van der Waals surface area contributed by atoms with Crippen LogP contribution in [-0.4, -0.2) is 21.4 Å². The van der Waals surface area contributed by atoms with Gasteiger partial charge >= 0.3 is 0 Å². The Morgan fingerprint density at radius 2 is 0.952 bits per heavy atom. The van der Waals surface area contributed by atoms with Gasteiger partial charge in [0.25, 0.3) is 0 Å². The predicted octanol–water partition coefficient (Wildman–Crippen LogP) is 9.05. The van der Waals surface area contributed by atoms with Crippen molar-refractivity contribution < 1.29 is 9.84 Å². The van der Waals surface area contributed by atoms with E-state index in [4.69, 9.17) is 4.74 Å². The maximum absolute atomic E-state index is 9.88. The van der Waals surface area contributed by atoms with Gasteiger partial charge in [-0.05, 0) is 71.3 Å². The van der Waals surface area contributed by atoms with Crippen molar-refractivity contribution in [3.63, 3.8) is 0 Å². The molecule has 0 radical (unpaired) electrons. The van der Waals surface area contributed by atoms with Crippen LogP contribution >= 0.6 is 0 Å². The summed E-state index contributed by atoms with van der Waals surface area (Å²) < 4.78 is 10.2. The van der Waals surface area contributed by atoms with Crippen molar-refractivity contribution in [2.75, 3.05) is 7.11 Å². The van der Waals surface area contributed by atoms with Crippen LogP contribution in [-0.2, 0) is 6.61 Å². The van der Waals surface area contributed by atoms with Gasteiger partial charge in [0.15, 0.2) is 0 Å². The molecular formula is C38H28N2O2. The fourth-order valence-corrected chi connectivity index (χ4v) is 6.36. The van der Waals surface area contributed by atoms with E-state index in [0.29, 0.717) is 0 Å². The molecule has 0 amide bonds. The van der Waals surface area contributed by atoms with Gasteiger partial charge < -0.3 is 19.0 Å². The van der Waals surface area contributed by atoms with Crippen molar-refractivity contribution in [3.05, 3.63) is 139 Å². The van der Waals surface area contributed by atoms with Gasteiger partial charge in [-0.25, -0.2) is 0 Å². The molecule has 2 aromatic heterocycles. The minimum Gasteiger partial charge on any atom is -0.497 e. The van der Waals surface area contributed by atoms with E-state index in [9.17, 15) is 5.11 Å². The number of methoxy groups -OCH3 is 1. The molecule has 0 aliphatic carbocycles. The number of rotatable bonds is 5. The minimum atomic E-state index is 0.0127. The first-order valence-electron chi connectivity index (χ1n) is 14.1. The maximum Gasteiger partial charge on any atom is 0.120 e. The summed E-state index contributed by atoms with van der Waals surface area (Å²) in [7, 11) is 1.71. The van der Waals surface area contributed by atoms with E-state index in [1.165, 1.54) is 21.5 Å². The summed E-state index contributed by atoms with van der Waals surface area (Å²) >= 11 is 0. The number of hydrogen-bond acceptors (Lipinski definition) is 2. The zero-order valence-corrected chi connectivity index (χ0v) is 23.2. The molecule has 0 aliphatic rings. The highest BCUT2D eigenvalue weighted by Crippen LogP contribution is 2.39. The van der Waals surface area contributed by atoms with Crippen molar-refractivity contribution in [2.24, 2.45) is 0 Å². The van der Waals surface area contributed by atoms with Crippen LogP contribution in [0.5, 0.6) is 5.75 Å². The lowest BCUT2D eigenvalue weighted by atomic mass is 10.0. The molecule has 4 heteroatoms. The van der Waals surface area contributed by atoms with Gasteiger partial charge in [-0.2, -0.15) is 0 Å². The number of aliphatic hydroxyl groups is 1. The Bertz CT molecular complexity index is 2100. The number of nitrogens with zero attached hydrogens (tertiary/aromatic N) is 2. The zero-order valence-electron chi connectivity index (χ0n) is 23.2. The molecular weight excluding hydrogens is 516 g/mol. The van der Waals surface area contributed by atoms with E-state index >= 15 is 0 Å². The van der Waals surface area contributed by atoms with Gasteiger partial charge in [0.05, 0.1) is 35.8 Å². The molecule has 2 heterocycles. The molecule has 0 spiro atoms. The predicted molar refractivity (Wildman–Crippen MR) is 173 cm³/mol. The summed E-state index contributed by atoms with van der Waals surface area (Å²) in [4.78, 5) is 0. The molecule has 0 atom stereocenters. The summed E-state index contributed by atoms with van der Waals surface area (Å²) in [5.41, 5.74) is 9.90. The summed E-state index contributed by atoms with van der Waals surface area (Å²) in [6.45, 7) is 0.0127. The quantitative estimate of drug-likeness (QED) is 0.235. The average molecular weight is 545 g/mol. The summed E-state index contributed by atoms with van der Waals surface area (Å²) in [6.07, 6.45) is 0. The van der Waals surface area contributed by atoms with Gasteiger partial charge in [-0.1, -0.05) is 72.8 Å². The number of aliphatic hydroxyl groups excluding tert-OH is 1. The third-order valence-electron chi connectivity index (χ3n) is 8.35. The summed E-state index contributed by atoms with van der Waals surface area (Å²) in [5, 5.41) is 14.6. The van der Waals surface area contributed by atoms with E-state index in [-0.39, 0.29) is 6.61 Å². The van der Waals surface area contributed by atoms with E-state index in [1.54, 1.807) is 7.11 Å². The Morgan fingerprint density at radius 3 is 1.45 bits per heavy atom. The van der Waals surface area contributed by atoms with Crippen molar-refractivity contribution in [2.45, 2.75) is 6.61 Å². The molecule has 0 saturated heterocycles. The molecule has 0 bridgehead atoms. The number of aromatic nitrogens is 2. The largest absolute Gasteiger partial charge is 0.497 e. The highest BCUT2D eigenvalue weighted by molar-refractivity contribution is 6.12. The normalized spacial score (nSPS) is 11.7. The topological polar surface area (TPSA) is 39.3 Å². The fraction of sp³-hybridized carbons (Fsp3) is 0.0526. The molecule has 8 rings (SSSR count). The third-order valence-corrected chi connectivity index (χ3v) is 8.35. The number of para-hydroxylation sites is 2. The molecule has 8 aromatic rings. The molecule has 1 N–H and O–H groups in total. The second-order valence-electron chi connectivity index (χ2n) is 10.7. The second kappa shape index (κ2) is 9.65. The summed E-state index contributed by atoms with van der Waals surface area (Å²) in [6, 6.07) is 47.0. The zero-order chi connectivity index (χ0) is 28.2. The second-order valence-corrected chi connectivity index (χ2v) is 10.7. The monoisotopic (exact) mass is 544 g/mol. The first-order chi connectivity index (χ1) is 20.7. The minimum absolute atomic E-state index is 0.0127. The molecule has 0 saturated carbocycles. The van der Waals surface area contributed by atoms with Gasteiger partial charge in [-0.15, -0.1) is 0 Å². The van der Waals surface area contributed by atoms with Crippen LogP contribution < -0.4 is 4.74 Å². The number of fused-ring (bicyclic) bond motifs is 6. The molecule has 0 aliphatic heterocycles. The fourth-order valence-electron chi connectivity index (χ4n) is 6.36. The van der Waals surface area contributed by atoms with E-state index in [0.717, 1.165) is 55.9 Å². The standard InChI is InChI=1S/C38H28N2O2/c1-42-30-15-19-34-33-18-14-27(22-37(33)40(38(34)23-30)29-10-6-3-7-11-29)26-13-17-32-31-16-12-25(24-41)20-35(31)39(36(32)21-26)28-8-4-2-5-9-28/h2-23,41H,24H2,1H3. The van der Waals surface area contributed by atoms with Gasteiger partial charge in [0.2, 0.25) is 0 Å². The van der Waals surface area contributed by atoms with Gasteiger partial charge in [0.1, 0.15) is 5.75 Å². The number of hydrogen-bond donors (Lipinski definition) is 1. The van der Waals surface area contributed by atoms with Crippen molar-refractivity contribution in [1.29, 1.82) is 0 Å². The van der Waals surface area contributed by atoms with Crippen LogP contribution in [0.1, 0.15) is 5.56 Å². The van der Waals surface area contributed by atoms with E-state index in [1.807, 2.05) is 24.3 Å². The first kappa shape index (κ1) is 24.5. The highest BCUT2D eigenvalue weighted by Gasteiger charge is 2.17. The maximum atomic E-state index is 9.88. The van der Waals surface area contributed by atoms with Crippen molar-refractivity contribution >= 4 is 43.6 Å². The van der Waals surface area contributed by atoms with Gasteiger partial charge in [-0.3, -0.25) is 0 Å². The SMILES string of the molecule is COc1ccc2c3ccc(-c4ccc5c6ccc(CO)cc6n(-c6ccccc6)c5c4)cc3n(-c3ccccc3)c2c1. The lowest BCUT2D eigenvalue weighted by molar-refractivity contribution is 0.282. The molecule has 42 heavy (non-hydrogen) atoms. The van der Waals surface area contributed by atoms with Gasteiger partial charge in [0, 0.05) is 39.0 Å². The lowest BCUT2D eigenvalue weighted by Crippen LogP contribution is -1.95. The number of benzene rings is 6. The van der Waals surface area contributed by atoms with E-state index < -0.39 is 0 Å². The van der Waals surface area contributed by atoms with Crippen molar-refractivity contribution in [3.8, 4) is 28.3 Å². The molecule has 202 valence electrons. The Balaban J connectivity index is 1.39. The molecule has 6 aromatic carbocycles. The molecule has 0 unspecified atom stereocenters. The third kappa shape index (κ3) is 3.73. The Morgan fingerprint density at radius 1 is 0.500 bits per heavy atom. The molecule has 0 fully saturated rings. The van der Waals surface area contributed by atoms with Crippen LogP contribution in [0.15, 0.2) is 133 Å². The van der Waals surface area contributed by atoms with Crippen LogP contribution in [0.3, 0.4) is 0 Å². The summed E-state index contributed by atoms with van der Waals surface area (Å²) in [5.74, 6) is 0.839. The number of ether oxygens (including phenoxy) is 1. The van der Waals surface area contributed by atoms with Crippen LogP contribution in [0, 0.1) is 0 Å². The van der Waals surface area contributed by atoms with Crippen LogP contribution in [0.25, 0.3) is 66.1 Å². The Labute approximate surface area is 243 Å².